The highest BCUT2D eigenvalue weighted by Crippen LogP contribution is 2.35. The van der Waals surface area contributed by atoms with Gasteiger partial charge in [-0.1, -0.05) is 25.7 Å². The van der Waals surface area contributed by atoms with Crippen LogP contribution in [-0.2, 0) is 11.2 Å². The monoisotopic (exact) mass is 235 g/mol. The van der Waals surface area contributed by atoms with Gasteiger partial charge in [-0.25, -0.2) is 0 Å². The first-order valence-electron chi connectivity index (χ1n) is 6.51. The summed E-state index contributed by atoms with van der Waals surface area (Å²) in [4.78, 5) is 12.4. The van der Waals surface area contributed by atoms with E-state index in [-0.39, 0.29) is 5.41 Å². The Balaban J connectivity index is 2.07. The fraction of sp³-hybridized carbons (Fsp3) is 0.643. The molecule has 0 saturated heterocycles. The first-order chi connectivity index (χ1) is 8.27. The number of hydrogen-bond donors (Lipinski definition) is 1. The molecule has 0 bridgehead atoms. The van der Waals surface area contributed by atoms with Gasteiger partial charge in [0.1, 0.15) is 5.78 Å². The lowest BCUT2D eigenvalue weighted by Gasteiger charge is -2.29. The highest BCUT2D eigenvalue weighted by molar-refractivity contribution is 5.87. The first-order valence-corrected chi connectivity index (χ1v) is 6.51. The van der Waals surface area contributed by atoms with Crippen molar-refractivity contribution in [1.82, 2.24) is 0 Å². The van der Waals surface area contributed by atoms with Gasteiger partial charge in [0.05, 0.1) is 12.5 Å². The first kappa shape index (κ1) is 12.4. The van der Waals surface area contributed by atoms with Gasteiger partial charge >= 0.3 is 0 Å². The van der Waals surface area contributed by atoms with Crippen LogP contribution in [0.15, 0.2) is 23.0 Å². The van der Waals surface area contributed by atoms with Crippen LogP contribution in [0.3, 0.4) is 0 Å². The second-order valence-corrected chi connectivity index (χ2v) is 5.13. The summed E-state index contributed by atoms with van der Waals surface area (Å²) in [5.41, 5.74) is 6.59. The Labute approximate surface area is 102 Å². The molecule has 0 aromatic carbocycles. The highest BCUT2D eigenvalue weighted by atomic mass is 16.3. The van der Waals surface area contributed by atoms with Crippen LogP contribution in [0.2, 0.25) is 0 Å². The van der Waals surface area contributed by atoms with Crippen molar-refractivity contribution >= 4 is 5.78 Å². The molecular formula is C14H21NO2. The quantitative estimate of drug-likeness (QED) is 0.816. The van der Waals surface area contributed by atoms with Crippen molar-refractivity contribution in [2.24, 2.45) is 11.1 Å². The van der Waals surface area contributed by atoms with Crippen LogP contribution >= 0.6 is 0 Å². The molecule has 0 spiro atoms. The zero-order valence-corrected chi connectivity index (χ0v) is 10.3. The topological polar surface area (TPSA) is 56.2 Å². The summed E-state index contributed by atoms with van der Waals surface area (Å²) in [6, 6.07) is 1.86. The summed E-state index contributed by atoms with van der Waals surface area (Å²) in [5, 5.41) is 0. The highest BCUT2D eigenvalue weighted by Gasteiger charge is 2.36. The Morgan fingerprint density at radius 1 is 1.29 bits per heavy atom. The Morgan fingerprint density at radius 3 is 2.53 bits per heavy atom. The number of furan rings is 1. The average molecular weight is 235 g/mol. The fourth-order valence-electron chi connectivity index (χ4n) is 2.77. The lowest BCUT2D eigenvalue weighted by atomic mass is 9.75. The van der Waals surface area contributed by atoms with Crippen molar-refractivity contribution in [3.8, 4) is 0 Å². The van der Waals surface area contributed by atoms with Gasteiger partial charge < -0.3 is 10.2 Å². The van der Waals surface area contributed by atoms with Gasteiger partial charge in [0.15, 0.2) is 0 Å². The fourth-order valence-corrected chi connectivity index (χ4v) is 2.77. The molecule has 0 amide bonds. The number of ketones is 1. The molecule has 0 atom stereocenters. The third-order valence-electron chi connectivity index (χ3n) is 3.99. The summed E-state index contributed by atoms with van der Waals surface area (Å²) in [6.07, 6.45) is 10.4. The predicted molar refractivity (Wildman–Crippen MR) is 66.6 cm³/mol. The van der Waals surface area contributed by atoms with Crippen molar-refractivity contribution in [2.75, 3.05) is 6.54 Å². The molecule has 1 aromatic heterocycles. The minimum Gasteiger partial charge on any atom is -0.472 e. The molecule has 2 N–H and O–H groups in total. The van der Waals surface area contributed by atoms with Crippen LogP contribution in [-0.4, -0.2) is 12.3 Å². The van der Waals surface area contributed by atoms with E-state index in [1.54, 1.807) is 12.5 Å². The Kier molecular flexibility index (Phi) is 4.00. The van der Waals surface area contributed by atoms with Gasteiger partial charge in [-0.05, 0) is 24.5 Å². The summed E-state index contributed by atoms with van der Waals surface area (Å²) in [7, 11) is 0. The molecule has 17 heavy (non-hydrogen) atoms. The molecule has 0 unspecified atom stereocenters. The van der Waals surface area contributed by atoms with Crippen molar-refractivity contribution in [3.63, 3.8) is 0 Å². The Morgan fingerprint density at radius 2 is 2.00 bits per heavy atom. The third kappa shape index (κ3) is 2.78. The van der Waals surface area contributed by atoms with Crippen LogP contribution in [0, 0.1) is 5.41 Å². The Bertz CT molecular complexity index is 348. The largest absolute Gasteiger partial charge is 0.472 e. The van der Waals surface area contributed by atoms with Gasteiger partial charge in [-0.3, -0.25) is 4.79 Å². The lowest BCUT2D eigenvalue weighted by molar-refractivity contribution is -0.128. The molecule has 0 radical (unpaired) electrons. The van der Waals surface area contributed by atoms with Gasteiger partial charge in [0.2, 0.25) is 0 Å². The van der Waals surface area contributed by atoms with E-state index in [9.17, 15) is 4.79 Å². The lowest BCUT2D eigenvalue weighted by Crippen LogP contribution is -2.39. The van der Waals surface area contributed by atoms with E-state index in [1.165, 1.54) is 12.8 Å². The number of nitrogens with two attached hydrogens (primary N) is 1. The molecule has 1 aliphatic rings. The molecule has 1 aromatic rings. The van der Waals surface area contributed by atoms with E-state index in [0.29, 0.717) is 18.7 Å². The number of rotatable bonds is 4. The molecule has 1 saturated carbocycles. The van der Waals surface area contributed by atoms with Crippen molar-refractivity contribution in [2.45, 2.75) is 44.9 Å². The normalized spacial score (nSPS) is 19.8. The number of carbonyl (C=O) groups is 1. The van der Waals surface area contributed by atoms with Crippen LogP contribution < -0.4 is 5.73 Å². The maximum atomic E-state index is 12.4. The SMILES string of the molecule is NCC1(C(=O)Cc2ccoc2)CCCCCC1. The van der Waals surface area contributed by atoms with E-state index >= 15 is 0 Å². The van der Waals surface area contributed by atoms with Crippen LogP contribution in [0.25, 0.3) is 0 Å². The summed E-state index contributed by atoms with van der Waals surface area (Å²) >= 11 is 0. The van der Waals surface area contributed by atoms with Crippen molar-refractivity contribution in [3.05, 3.63) is 24.2 Å². The van der Waals surface area contributed by atoms with Gasteiger partial charge in [-0.15, -0.1) is 0 Å². The standard InChI is InChI=1S/C14H21NO2/c15-11-14(6-3-1-2-4-7-14)13(16)9-12-5-8-17-10-12/h5,8,10H,1-4,6-7,9,11,15H2. The average Bonchev–Trinajstić information content (AvgIpc) is 2.72. The predicted octanol–water partition coefficient (Wildman–Crippen LogP) is 2.69. The third-order valence-corrected chi connectivity index (χ3v) is 3.99. The van der Waals surface area contributed by atoms with E-state index in [4.69, 9.17) is 10.2 Å². The summed E-state index contributed by atoms with van der Waals surface area (Å²) < 4.78 is 5.01. The molecule has 2 rings (SSSR count). The van der Waals surface area contributed by atoms with E-state index in [0.717, 1.165) is 31.2 Å². The van der Waals surface area contributed by atoms with E-state index < -0.39 is 0 Å². The maximum Gasteiger partial charge on any atom is 0.144 e. The smallest absolute Gasteiger partial charge is 0.144 e. The van der Waals surface area contributed by atoms with Crippen molar-refractivity contribution < 1.29 is 9.21 Å². The summed E-state index contributed by atoms with van der Waals surface area (Å²) in [6.45, 7) is 0.490. The second kappa shape index (κ2) is 5.50. The minimum absolute atomic E-state index is 0.270. The molecule has 3 nitrogen and oxygen atoms in total. The summed E-state index contributed by atoms with van der Waals surface area (Å²) in [5.74, 6) is 0.295. The van der Waals surface area contributed by atoms with E-state index in [1.807, 2.05) is 6.07 Å². The number of Topliss-reactive ketones (excluding diaryl/α,β-unsaturated/α-hetero) is 1. The second-order valence-electron chi connectivity index (χ2n) is 5.13. The maximum absolute atomic E-state index is 12.4. The number of carbonyl (C=O) groups excluding carboxylic acids is 1. The van der Waals surface area contributed by atoms with Crippen LogP contribution in [0.5, 0.6) is 0 Å². The molecule has 0 aliphatic heterocycles. The molecule has 1 heterocycles. The van der Waals surface area contributed by atoms with Gasteiger partial charge in [0, 0.05) is 18.4 Å². The van der Waals surface area contributed by atoms with Crippen LogP contribution in [0.1, 0.15) is 44.1 Å². The van der Waals surface area contributed by atoms with Crippen molar-refractivity contribution in [1.29, 1.82) is 0 Å². The van der Waals surface area contributed by atoms with E-state index in [2.05, 4.69) is 0 Å². The van der Waals surface area contributed by atoms with Crippen LogP contribution in [0.4, 0.5) is 0 Å². The van der Waals surface area contributed by atoms with Gasteiger partial charge in [0.25, 0.3) is 0 Å². The molecule has 3 heteroatoms. The molecule has 94 valence electrons. The Hall–Kier alpha value is -1.09. The molecule has 1 aliphatic carbocycles. The minimum atomic E-state index is -0.270. The number of hydrogen-bond acceptors (Lipinski definition) is 3. The van der Waals surface area contributed by atoms with Gasteiger partial charge in [-0.2, -0.15) is 0 Å². The zero-order chi connectivity index (χ0) is 12.1. The molecule has 1 fully saturated rings. The zero-order valence-electron chi connectivity index (χ0n) is 10.3. The molecular weight excluding hydrogens is 214 g/mol.